The number of pyridine rings is 11. The van der Waals surface area contributed by atoms with Crippen LogP contribution in [0.15, 0.2) is 414 Å². The van der Waals surface area contributed by atoms with Crippen molar-refractivity contribution >= 4 is 88.0 Å². The normalized spacial score (nSPS) is 13.6. The number of fused-ring (bicyclic) bond motifs is 20. The zero-order chi connectivity index (χ0) is 99.4. The van der Waals surface area contributed by atoms with Crippen molar-refractivity contribution in [2.24, 2.45) is 0 Å². The van der Waals surface area contributed by atoms with Crippen LogP contribution in [0, 0.1) is 0 Å². The van der Waals surface area contributed by atoms with E-state index in [4.69, 9.17) is 64.8 Å². The molecule has 30 rings (SSSR count). The molecule has 20 heteroatoms. The lowest BCUT2D eigenvalue weighted by molar-refractivity contribution is 0.602. The summed E-state index contributed by atoms with van der Waals surface area (Å²) in [6.45, 7) is 18.1. The Balaban J connectivity index is 0.0000000977. The van der Waals surface area contributed by atoms with Crippen molar-refractivity contribution in [2.75, 3.05) is 0 Å². The lowest BCUT2D eigenvalue weighted by Crippen LogP contribution is -2.28. The van der Waals surface area contributed by atoms with Gasteiger partial charge in [0.2, 0.25) is 5.82 Å². The Hall–Kier alpha value is -19.1. The summed E-state index contributed by atoms with van der Waals surface area (Å²) in [4.78, 5) is 78.4. The van der Waals surface area contributed by atoms with Gasteiger partial charge in [-0.2, -0.15) is 0 Å². The minimum Gasteiger partial charge on any atom is -0.307 e. The van der Waals surface area contributed by atoms with Crippen LogP contribution >= 0.6 is 0 Å². The third kappa shape index (κ3) is 14.1. The topological polar surface area (TPSA) is 226 Å². The molecule has 20 nitrogen and oxygen atoms in total. The average molecular weight is 1910 g/mol. The molecule has 4 aliphatic heterocycles. The Morgan fingerprint density at radius 1 is 0.209 bits per heavy atom. The number of benzene rings is 9. The van der Waals surface area contributed by atoms with Crippen LogP contribution in [0.25, 0.3) is 224 Å². The third-order valence-electron chi connectivity index (χ3n) is 30.1. The lowest BCUT2D eigenvalue weighted by atomic mass is 9.73. The van der Waals surface area contributed by atoms with Gasteiger partial charge in [0.05, 0.1) is 108 Å². The molecule has 17 aromatic heterocycles. The Kier molecular flexibility index (Phi) is 20.4. The van der Waals surface area contributed by atoms with Gasteiger partial charge in [-0.3, -0.25) is 39.0 Å². The van der Waals surface area contributed by atoms with Gasteiger partial charge in [0.15, 0.2) is 17.5 Å². The molecule has 0 spiro atoms. The first-order valence-corrected chi connectivity index (χ1v) is 49.8. The number of aromatic nitrogens is 20. The fourth-order valence-corrected chi connectivity index (χ4v) is 22.6. The van der Waals surface area contributed by atoms with Crippen LogP contribution in [0.1, 0.15) is 100 Å². The summed E-state index contributed by atoms with van der Waals surface area (Å²) in [5.74, 6) is 2.97. The van der Waals surface area contributed by atoms with E-state index in [1.165, 1.54) is 38.9 Å². The Labute approximate surface area is 851 Å². The van der Waals surface area contributed by atoms with E-state index in [-0.39, 0.29) is 16.2 Å². The van der Waals surface area contributed by atoms with E-state index < -0.39 is 5.41 Å². The number of nitrogens with zero attached hydrogens (tertiary/aromatic N) is 20. The molecule has 0 N–H and O–H groups in total. The Morgan fingerprint density at radius 3 is 1.34 bits per heavy atom. The van der Waals surface area contributed by atoms with Gasteiger partial charge in [-0.15, -0.1) is 0 Å². The Bertz CT molecular complexity index is 9760. The highest BCUT2D eigenvalue weighted by molar-refractivity contribution is 6.13. The smallest absolute Gasteiger partial charge is 0.201 e. The zero-order valence-electron chi connectivity index (χ0n) is 82.2. The molecule has 0 bridgehead atoms. The first-order chi connectivity index (χ1) is 72.5. The van der Waals surface area contributed by atoms with Crippen molar-refractivity contribution in [1.29, 1.82) is 0 Å². The van der Waals surface area contributed by atoms with Crippen LogP contribution in [0.3, 0.4) is 0 Å². The number of hydrogen-bond donors (Lipinski definition) is 0. The van der Waals surface area contributed by atoms with Gasteiger partial charge in [0.1, 0.15) is 33.5 Å². The van der Waals surface area contributed by atoms with Gasteiger partial charge in [-0.1, -0.05) is 315 Å². The van der Waals surface area contributed by atoms with E-state index >= 15 is 0 Å². The van der Waals surface area contributed by atoms with Gasteiger partial charge < -0.3 is 9.13 Å². The van der Waals surface area contributed by atoms with E-state index in [0.29, 0.717) is 23.3 Å². The SMILES string of the molecule is CC1(C)c2c(cc(-c3ccccc3)nc2-c2ccccc2)-n2c3ccncc3c3nccc1c32.CC1(C)c2cc(-c3ccccc3)cnc2-n2c3ccc(-c4ccccc4)nc3c3nc(-c4ccccc4)cc1c32.CC1(C)c2cc(-c3ccccc3)ncc2-n2c3ncc(-c4ccccc4)cc3c3cncc1c32.CC1(C)c2nc(-c3nc(-c4ccccc4)nc(-c4ccccc4)n3)ncc2-n2c3cccnc3c3nccc1c32. The van der Waals surface area contributed by atoms with E-state index in [1.807, 2.05) is 165 Å². The van der Waals surface area contributed by atoms with Gasteiger partial charge in [0.25, 0.3) is 0 Å². The van der Waals surface area contributed by atoms with Crippen LogP contribution in [-0.2, 0) is 21.7 Å². The summed E-state index contributed by atoms with van der Waals surface area (Å²) < 4.78 is 9.11. The second-order valence-electron chi connectivity index (χ2n) is 40.2. The highest BCUT2D eigenvalue weighted by atomic mass is 15.1. The number of rotatable bonds is 10. The molecule has 21 heterocycles. The summed E-state index contributed by atoms with van der Waals surface area (Å²) in [6, 6.07) is 119. The fraction of sp³-hybridized carbons (Fsp3) is 0.0938. The molecule has 0 aliphatic carbocycles. The molecule has 0 saturated heterocycles. The number of hydrogen-bond acceptors (Lipinski definition) is 16. The average Bonchev–Trinajstić information content (AvgIpc) is 1.46. The summed E-state index contributed by atoms with van der Waals surface area (Å²) in [5, 5.41) is 3.31. The van der Waals surface area contributed by atoms with Crippen LogP contribution in [0.2, 0.25) is 0 Å². The van der Waals surface area contributed by atoms with Gasteiger partial charge >= 0.3 is 0 Å². The molecule has 0 saturated carbocycles. The van der Waals surface area contributed by atoms with E-state index in [9.17, 15) is 0 Å². The van der Waals surface area contributed by atoms with Crippen LogP contribution in [0.4, 0.5) is 0 Å². The lowest BCUT2D eigenvalue weighted by Gasteiger charge is -2.36. The first-order valence-electron chi connectivity index (χ1n) is 49.8. The predicted octanol–water partition coefficient (Wildman–Crippen LogP) is 28.7. The van der Waals surface area contributed by atoms with E-state index in [2.05, 4.69) is 331 Å². The monoisotopic (exact) mass is 1910 g/mol. The molecule has 9 aromatic carbocycles. The molecular formula is C128H92N20. The highest BCUT2D eigenvalue weighted by Crippen LogP contribution is 2.55. The molecule has 0 atom stereocenters. The predicted molar refractivity (Wildman–Crippen MR) is 591 cm³/mol. The summed E-state index contributed by atoms with van der Waals surface area (Å²) in [6.07, 6.45) is 21.2. The molecule has 0 fully saturated rings. The molecule has 4 aliphatic rings. The van der Waals surface area contributed by atoms with E-state index in [1.54, 1.807) is 6.20 Å². The van der Waals surface area contributed by atoms with Crippen LogP contribution < -0.4 is 0 Å². The third-order valence-corrected chi connectivity index (χ3v) is 30.1. The van der Waals surface area contributed by atoms with E-state index in [0.717, 1.165) is 206 Å². The molecule has 26 aromatic rings. The molecule has 0 unspecified atom stereocenters. The van der Waals surface area contributed by atoms with Gasteiger partial charge in [-0.05, 0) is 120 Å². The fourth-order valence-electron chi connectivity index (χ4n) is 22.6. The maximum Gasteiger partial charge on any atom is 0.201 e. The molecule has 0 amide bonds. The van der Waals surface area contributed by atoms with Crippen molar-refractivity contribution in [3.8, 4) is 136 Å². The molecule has 704 valence electrons. The Morgan fingerprint density at radius 2 is 0.703 bits per heavy atom. The highest BCUT2D eigenvalue weighted by Gasteiger charge is 2.44. The molecule has 148 heavy (non-hydrogen) atoms. The standard InChI is InChI=1S/C36H26N4.C32H22N8.2C30H22N4/c1-36(2)27-21-30(25-16-10-5-11-17-25)39-33-32-31(19-18-29(38-32)24-14-8-4-9-15-24)40(34(27)33)35-28(36)20-26(22-37-35)23-12-6-3-7-13-23;1-32(2)21-15-17-34-25-24-22(14-9-16-33-24)40(26(21)25)23-18-35-30(36-27(23)32)31-38-28(19-10-5-3-6-11-19)37-29(39-31)20-12-7-4-8-13-20;1-30(2)24-14-26(20-11-7-4-8-12-20)32-18-27(24)34-28-23(16-31-17-25(28)30)22-13-21(15-33-29(22)34)19-9-5-3-6-10-19;1-30(2)22-13-16-32-28-21-18-31-15-14-24(21)34(29(22)28)25-17-23(19-9-5-3-6-10-19)33-27(26(25)30)20-11-7-4-8-12-20/h3-22H,1-2H3;3-18H,1-2H3;2*3-18H,1-2H3. The van der Waals surface area contributed by atoms with Gasteiger partial charge in [0, 0.05) is 160 Å². The van der Waals surface area contributed by atoms with Crippen molar-refractivity contribution in [3.05, 3.63) is 459 Å². The minimum atomic E-state index is -0.420. The van der Waals surface area contributed by atoms with Crippen LogP contribution in [0.5, 0.6) is 0 Å². The van der Waals surface area contributed by atoms with Gasteiger partial charge in [-0.25, -0.2) is 49.8 Å². The second kappa shape index (κ2) is 34.4. The summed E-state index contributed by atoms with van der Waals surface area (Å²) >= 11 is 0. The maximum atomic E-state index is 5.28. The second-order valence-corrected chi connectivity index (χ2v) is 40.2. The maximum absolute atomic E-state index is 5.28. The first kappa shape index (κ1) is 87.9. The summed E-state index contributed by atoms with van der Waals surface area (Å²) in [5.41, 5.74) is 41.1. The van der Waals surface area contributed by atoms with Crippen molar-refractivity contribution < 1.29 is 0 Å². The molecule has 0 radical (unpaired) electrons. The van der Waals surface area contributed by atoms with Crippen molar-refractivity contribution in [3.63, 3.8) is 0 Å². The van der Waals surface area contributed by atoms with Crippen molar-refractivity contribution in [2.45, 2.75) is 77.0 Å². The minimum absolute atomic E-state index is 0.221. The molecular weight excluding hydrogens is 1820 g/mol. The van der Waals surface area contributed by atoms with Crippen molar-refractivity contribution in [1.82, 2.24) is 98.0 Å². The van der Waals surface area contributed by atoms with Crippen LogP contribution in [-0.4, -0.2) is 98.0 Å². The summed E-state index contributed by atoms with van der Waals surface area (Å²) in [7, 11) is 0. The largest absolute Gasteiger partial charge is 0.307 e. The quantitative estimate of drug-likeness (QED) is 0.124. The zero-order valence-corrected chi connectivity index (χ0v) is 82.2.